The van der Waals surface area contributed by atoms with Crippen molar-refractivity contribution < 1.29 is 9.47 Å². The summed E-state index contributed by atoms with van der Waals surface area (Å²) in [5, 5.41) is 4.83. The van der Waals surface area contributed by atoms with Gasteiger partial charge in [0.15, 0.2) is 0 Å². The van der Waals surface area contributed by atoms with Crippen molar-refractivity contribution in [2.24, 2.45) is 0 Å². The molecule has 1 N–H and O–H groups in total. The molecule has 6 heteroatoms. The molecule has 0 aliphatic rings. The molecule has 0 fully saturated rings. The van der Waals surface area contributed by atoms with E-state index in [2.05, 4.69) is 5.32 Å². The third-order valence-electron chi connectivity index (χ3n) is 4.15. The molecular weight excluding hydrogens is 417 g/mol. The number of halogens is 3. The molecule has 3 aromatic rings. The molecule has 0 bridgehead atoms. The Bertz CT molecular complexity index is 885. The SMILES string of the molecule is COc1ccccc1CNCc1cc(Cl)ccc1OCc1ccc(Cl)cc1.Cl. The largest absolute Gasteiger partial charge is 0.496 e. The second-order valence-electron chi connectivity index (χ2n) is 6.08. The van der Waals surface area contributed by atoms with Crippen molar-refractivity contribution in [3.63, 3.8) is 0 Å². The summed E-state index contributed by atoms with van der Waals surface area (Å²) >= 11 is 12.1. The summed E-state index contributed by atoms with van der Waals surface area (Å²) in [5.41, 5.74) is 3.17. The molecular formula is C22H22Cl3NO2. The number of rotatable bonds is 8. The summed E-state index contributed by atoms with van der Waals surface area (Å²) in [4.78, 5) is 0. The van der Waals surface area contributed by atoms with Gasteiger partial charge in [0, 0.05) is 34.3 Å². The normalized spacial score (nSPS) is 10.2. The van der Waals surface area contributed by atoms with E-state index in [0.717, 1.165) is 28.2 Å². The molecule has 148 valence electrons. The Morgan fingerprint density at radius 3 is 2.21 bits per heavy atom. The Hall–Kier alpha value is -1.91. The van der Waals surface area contributed by atoms with Crippen molar-refractivity contribution >= 4 is 35.6 Å². The number of benzene rings is 3. The molecule has 0 aliphatic heterocycles. The minimum atomic E-state index is 0. The minimum absolute atomic E-state index is 0. The molecule has 0 amide bonds. The summed E-state index contributed by atoms with van der Waals surface area (Å²) in [7, 11) is 1.68. The van der Waals surface area contributed by atoms with Gasteiger partial charge in [0.1, 0.15) is 18.1 Å². The lowest BCUT2D eigenvalue weighted by molar-refractivity contribution is 0.302. The molecule has 0 aromatic heterocycles. The summed E-state index contributed by atoms with van der Waals surface area (Å²) < 4.78 is 11.4. The van der Waals surface area contributed by atoms with Gasteiger partial charge in [-0.05, 0) is 42.0 Å². The van der Waals surface area contributed by atoms with Crippen LogP contribution in [0, 0.1) is 0 Å². The fourth-order valence-electron chi connectivity index (χ4n) is 2.75. The molecule has 28 heavy (non-hydrogen) atoms. The van der Waals surface area contributed by atoms with Gasteiger partial charge in [-0.25, -0.2) is 0 Å². The highest BCUT2D eigenvalue weighted by Gasteiger charge is 2.07. The van der Waals surface area contributed by atoms with Crippen molar-refractivity contribution in [1.82, 2.24) is 5.32 Å². The zero-order chi connectivity index (χ0) is 19.1. The monoisotopic (exact) mass is 437 g/mol. The molecule has 0 radical (unpaired) electrons. The van der Waals surface area contributed by atoms with E-state index in [0.29, 0.717) is 29.7 Å². The standard InChI is InChI=1S/C22H21Cl2NO2.ClH/c1-26-21-5-3-2-4-17(21)13-25-14-18-12-20(24)10-11-22(18)27-15-16-6-8-19(23)9-7-16;/h2-12,25H,13-15H2,1H3;1H. The van der Waals surface area contributed by atoms with Crippen LogP contribution in [0.4, 0.5) is 0 Å². The van der Waals surface area contributed by atoms with Crippen LogP contribution in [0.25, 0.3) is 0 Å². The van der Waals surface area contributed by atoms with Crippen LogP contribution in [0.3, 0.4) is 0 Å². The van der Waals surface area contributed by atoms with Crippen LogP contribution in [0.15, 0.2) is 66.7 Å². The van der Waals surface area contributed by atoms with Crippen LogP contribution in [-0.4, -0.2) is 7.11 Å². The highest BCUT2D eigenvalue weighted by molar-refractivity contribution is 6.30. The second kappa shape index (κ2) is 11.2. The van der Waals surface area contributed by atoms with Gasteiger partial charge >= 0.3 is 0 Å². The van der Waals surface area contributed by atoms with Gasteiger partial charge in [-0.15, -0.1) is 12.4 Å². The van der Waals surface area contributed by atoms with Crippen molar-refractivity contribution in [3.8, 4) is 11.5 Å². The van der Waals surface area contributed by atoms with Crippen molar-refractivity contribution in [2.45, 2.75) is 19.7 Å². The quantitative estimate of drug-likeness (QED) is 0.448. The van der Waals surface area contributed by atoms with Gasteiger partial charge in [-0.1, -0.05) is 53.5 Å². The topological polar surface area (TPSA) is 30.5 Å². The first-order valence-corrected chi connectivity index (χ1v) is 9.39. The predicted octanol–water partition coefficient (Wildman–Crippen LogP) is 6.29. The Balaban J connectivity index is 0.00000280. The summed E-state index contributed by atoms with van der Waals surface area (Å²) in [6.45, 7) is 1.79. The molecule has 0 saturated carbocycles. The van der Waals surface area contributed by atoms with Gasteiger partial charge in [-0.2, -0.15) is 0 Å². The zero-order valence-corrected chi connectivity index (χ0v) is 17.8. The zero-order valence-electron chi connectivity index (χ0n) is 15.5. The second-order valence-corrected chi connectivity index (χ2v) is 6.96. The molecule has 0 atom stereocenters. The third kappa shape index (κ3) is 6.32. The van der Waals surface area contributed by atoms with Crippen LogP contribution < -0.4 is 14.8 Å². The summed E-state index contributed by atoms with van der Waals surface area (Å²) in [6.07, 6.45) is 0. The number of hydrogen-bond donors (Lipinski definition) is 1. The van der Waals surface area contributed by atoms with E-state index in [-0.39, 0.29) is 12.4 Å². The molecule has 0 spiro atoms. The van der Waals surface area contributed by atoms with E-state index < -0.39 is 0 Å². The van der Waals surface area contributed by atoms with Crippen LogP contribution in [0.2, 0.25) is 10.0 Å². The van der Waals surface area contributed by atoms with E-state index in [1.807, 2.05) is 66.7 Å². The number of para-hydroxylation sites is 1. The van der Waals surface area contributed by atoms with Crippen LogP contribution in [-0.2, 0) is 19.7 Å². The molecule has 3 nitrogen and oxygen atoms in total. The van der Waals surface area contributed by atoms with Gasteiger partial charge in [-0.3, -0.25) is 0 Å². The van der Waals surface area contributed by atoms with Gasteiger partial charge in [0.05, 0.1) is 7.11 Å². The van der Waals surface area contributed by atoms with E-state index in [1.54, 1.807) is 7.11 Å². The molecule has 0 unspecified atom stereocenters. The van der Waals surface area contributed by atoms with Crippen LogP contribution in [0.5, 0.6) is 11.5 Å². The van der Waals surface area contributed by atoms with Gasteiger partial charge in [0.2, 0.25) is 0 Å². The van der Waals surface area contributed by atoms with Gasteiger partial charge < -0.3 is 14.8 Å². The Morgan fingerprint density at radius 2 is 1.46 bits per heavy atom. The van der Waals surface area contributed by atoms with E-state index in [4.69, 9.17) is 32.7 Å². The van der Waals surface area contributed by atoms with Crippen LogP contribution >= 0.6 is 35.6 Å². The van der Waals surface area contributed by atoms with Crippen molar-refractivity contribution in [2.75, 3.05) is 7.11 Å². The smallest absolute Gasteiger partial charge is 0.124 e. The Labute approximate surface area is 182 Å². The Kier molecular flexibility index (Phi) is 8.94. The lowest BCUT2D eigenvalue weighted by atomic mass is 10.1. The Morgan fingerprint density at radius 1 is 0.786 bits per heavy atom. The summed E-state index contributed by atoms with van der Waals surface area (Å²) in [6, 6.07) is 21.3. The van der Waals surface area contributed by atoms with Gasteiger partial charge in [0.25, 0.3) is 0 Å². The highest BCUT2D eigenvalue weighted by atomic mass is 35.5. The average molecular weight is 439 g/mol. The first kappa shape index (κ1) is 22.4. The lowest BCUT2D eigenvalue weighted by Crippen LogP contribution is -2.14. The molecule has 0 aliphatic carbocycles. The first-order valence-electron chi connectivity index (χ1n) is 8.64. The number of hydrogen-bond acceptors (Lipinski definition) is 3. The molecule has 3 aromatic carbocycles. The first-order chi connectivity index (χ1) is 13.2. The van der Waals surface area contributed by atoms with E-state index in [1.165, 1.54) is 0 Å². The van der Waals surface area contributed by atoms with Crippen molar-refractivity contribution in [1.29, 1.82) is 0 Å². The highest BCUT2D eigenvalue weighted by Crippen LogP contribution is 2.25. The molecule has 0 saturated heterocycles. The molecule has 3 rings (SSSR count). The maximum atomic E-state index is 6.18. The maximum absolute atomic E-state index is 6.18. The van der Waals surface area contributed by atoms with E-state index >= 15 is 0 Å². The lowest BCUT2D eigenvalue weighted by Gasteiger charge is -2.14. The third-order valence-corrected chi connectivity index (χ3v) is 4.64. The van der Waals surface area contributed by atoms with Crippen LogP contribution in [0.1, 0.15) is 16.7 Å². The fraction of sp³-hybridized carbons (Fsp3) is 0.182. The fourth-order valence-corrected chi connectivity index (χ4v) is 3.07. The number of ether oxygens (including phenoxy) is 2. The molecule has 0 heterocycles. The average Bonchev–Trinajstić information content (AvgIpc) is 2.69. The predicted molar refractivity (Wildman–Crippen MR) is 118 cm³/mol. The summed E-state index contributed by atoms with van der Waals surface area (Å²) in [5.74, 6) is 1.68. The van der Waals surface area contributed by atoms with Crippen molar-refractivity contribution in [3.05, 3.63) is 93.5 Å². The number of methoxy groups -OCH3 is 1. The van der Waals surface area contributed by atoms with E-state index in [9.17, 15) is 0 Å². The number of nitrogens with one attached hydrogen (secondary N) is 1. The minimum Gasteiger partial charge on any atom is -0.496 e. The maximum Gasteiger partial charge on any atom is 0.124 e.